The standard InChI is InChI=1S/C15H19N3O4/c16-14(20)9-8-13(15(21)22-17)18-12(10-19)7-6-11-4-2-1-3-5-11/h1-7,10,12-13,18H,8-9,17H2,(H2,16,20)/b7-6+/t12?,13-/m0/s1. The molecule has 0 fully saturated rings. The lowest BCUT2D eigenvalue weighted by Crippen LogP contribution is -2.45. The van der Waals surface area contributed by atoms with Crippen LogP contribution in [-0.4, -0.2) is 30.2 Å². The molecule has 0 aliphatic rings. The molecule has 118 valence electrons. The van der Waals surface area contributed by atoms with Gasteiger partial charge in [0.2, 0.25) is 5.91 Å². The molecule has 2 atom stereocenters. The third-order valence-corrected chi connectivity index (χ3v) is 2.92. The van der Waals surface area contributed by atoms with Crippen LogP contribution in [-0.2, 0) is 19.2 Å². The van der Waals surface area contributed by atoms with E-state index in [1.54, 1.807) is 12.2 Å². The first-order chi connectivity index (χ1) is 10.6. The molecule has 0 spiro atoms. The van der Waals surface area contributed by atoms with Gasteiger partial charge in [0.15, 0.2) is 0 Å². The summed E-state index contributed by atoms with van der Waals surface area (Å²) in [7, 11) is 0. The minimum absolute atomic E-state index is 0.0270. The summed E-state index contributed by atoms with van der Waals surface area (Å²) in [5.74, 6) is 3.53. The summed E-state index contributed by atoms with van der Waals surface area (Å²) < 4.78 is 0. The topological polar surface area (TPSA) is 125 Å². The third-order valence-electron chi connectivity index (χ3n) is 2.92. The summed E-state index contributed by atoms with van der Waals surface area (Å²) >= 11 is 0. The second kappa shape index (κ2) is 9.43. The lowest BCUT2D eigenvalue weighted by atomic mass is 10.1. The molecule has 1 aromatic carbocycles. The molecule has 5 N–H and O–H groups in total. The molecule has 7 heteroatoms. The van der Waals surface area contributed by atoms with Crippen LogP contribution in [0.15, 0.2) is 36.4 Å². The largest absolute Gasteiger partial charge is 0.372 e. The average Bonchev–Trinajstić information content (AvgIpc) is 2.54. The summed E-state index contributed by atoms with van der Waals surface area (Å²) in [6.45, 7) is 0. The lowest BCUT2D eigenvalue weighted by Gasteiger charge is -2.17. The summed E-state index contributed by atoms with van der Waals surface area (Å²) in [5, 5.41) is 2.76. The molecule has 1 aromatic rings. The molecule has 0 bridgehead atoms. The Hall–Kier alpha value is -2.51. The van der Waals surface area contributed by atoms with Gasteiger partial charge >= 0.3 is 5.97 Å². The number of nitrogens with two attached hydrogens (primary N) is 2. The molecule has 7 nitrogen and oxygen atoms in total. The molecule has 1 unspecified atom stereocenters. The van der Waals surface area contributed by atoms with Crippen LogP contribution in [0.25, 0.3) is 6.08 Å². The molecule has 22 heavy (non-hydrogen) atoms. The highest BCUT2D eigenvalue weighted by Gasteiger charge is 2.22. The Morgan fingerprint density at radius 1 is 1.27 bits per heavy atom. The summed E-state index contributed by atoms with van der Waals surface area (Å²) in [6, 6.07) is 7.73. The molecule has 0 aliphatic heterocycles. The van der Waals surface area contributed by atoms with E-state index in [0.29, 0.717) is 6.29 Å². The van der Waals surface area contributed by atoms with Crippen LogP contribution in [0.1, 0.15) is 18.4 Å². The van der Waals surface area contributed by atoms with Crippen molar-refractivity contribution in [3.8, 4) is 0 Å². The molecule has 0 saturated heterocycles. The molecule has 1 amide bonds. The summed E-state index contributed by atoms with van der Waals surface area (Å²) in [4.78, 5) is 37.6. The van der Waals surface area contributed by atoms with E-state index < -0.39 is 24.0 Å². The van der Waals surface area contributed by atoms with E-state index in [-0.39, 0.29) is 12.8 Å². The first-order valence-corrected chi connectivity index (χ1v) is 6.70. The number of carbonyl (C=O) groups is 3. The number of nitrogens with one attached hydrogen (secondary N) is 1. The van der Waals surface area contributed by atoms with Crippen LogP contribution in [0.4, 0.5) is 0 Å². The second-order valence-corrected chi connectivity index (χ2v) is 4.59. The minimum atomic E-state index is -0.895. The van der Waals surface area contributed by atoms with Crippen molar-refractivity contribution in [2.45, 2.75) is 24.9 Å². The maximum absolute atomic E-state index is 11.5. The zero-order valence-electron chi connectivity index (χ0n) is 12.0. The van der Waals surface area contributed by atoms with Crippen LogP contribution < -0.4 is 16.9 Å². The van der Waals surface area contributed by atoms with Gasteiger partial charge in [0.1, 0.15) is 12.3 Å². The first-order valence-electron chi connectivity index (χ1n) is 6.70. The average molecular weight is 305 g/mol. The normalized spacial score (nSPS) is 13.5. The van der Waals surface area contributed by atoms with Crippen LogP contribution in [0.5, 0.6) is 0 Å². The zero-order chi connectivity index (χ0) is 16.4. The van der Waals surface area contributed by atoms with Crippen molar-refractivity contribution in [3.05, 3.63) is 42.0 Å². The SMILES string of the molecule is NOC(=O)[C@H](CCC(N)=O)NC(C=O)/C=C/c1ccccc1. The van der Waals surface area contributed by atoms with Gasteiger partial charge in [-0.3, -0.25) is 10.1 Å². The van der Waals surface area contributed by atoms with Crippen LogP contribution >= 0.6 is 0 Å². The van der Waals surface area contributed by atoms with Crippen molar-refractivity contribution in [3.63, 3.8) is 0 Å². The van der Waals surface area contributed by atoms with Gasteiger partial charge in [0.05, 0.1) is 6.04 Å². The monoisotopic (exact) mass is 305 g/mol. The number of primary amides is 1. The van der Waals surface area contributed by atoms with Gasteiger partial charge in [-0.2, -0.15) is 5.90 Å². The van der Waals surface area contributed by atoms with Crippen molar-refractivity contribution in [1.29, 1.82) is 0 Å². The van der Waals surface area contributed by atoms with Crippen molar-refractivity contribution in [2.24, 2.45) is 11.6 Å². The fourth-order valence-electron chi connectivity index (χ4n) is 1.79. The smallest absolute Gasteiger partial charge is 0.341 e. The van der Waals surface area contributed by atoms with Gasteiger partial charge in [0.25, 0.3) is 0 Å². The Labute approximate surface area is 128 Å². The number of benzene rings is 1. The molecular weight excluding hydrogens is 286 g/mol. The summed E-state index contributed by atoms with van der Waals surface area (Å²) in [5.41, 5.74) is 5.96. The molecule has 0 heterocycles. The highest BCUT2D eigenvalue weighted by molar-refractivity contribution is 5.79. The van der Waals surface area contributed by atoms with Crippen molar-refractivity contribution in [2.75, 3.05) is 0 Å². The molecule has 0 aromatic heterocycles. The number of amides is 1. The van der Waals surface area contributed by atoms with Gasteiger partial charge < -0.3 is 15.4 Å². The highest BCUT2D eigenvalue weighted by atomic mass is 16.7. The van der Waals surface area contributed by atoms with Gasteiger partial charge in [-0.05, 0) is 12.0 Å². The minimum Gasteiger partial charge on any atom is -0.372 e. The Bertz CT molecular complexity index is 531. The van der Waals surface area contributed by atoms with Gasteiger partial charge in [-0.25, -0.2) is 4.79 Å². The van der Waals surface area contributed by atoms with E-state index in [2.05, 4.69) is 10.2 Å². The van der Waals surface area contributed by atoms with E-state index in [1.807, 2.05) is 30.3 Å². The Morgan fingerprint density at radius 2 is 1.95 bits per heavy atom. The van der Waals surface area contributed by atoms with Crippen LogP contribution in [0, 0.1) is 0 Å². The predicted octanol–water partition coefficient (Wildman–Crippen LogP) is -0.0921. The van der Waals surface area contributed by atoms with Crippen LogP contribution in [0.2, 0.25) is 0 Å². The molecule has 0 radical (unpaired) electrons. The Balaban J connectivity index is 2.70. The quantitative estimate of drug-likeness (QED) is 0.432. The third kappa shape index (κ3) is 6.29. The Kier molecular flexibility index (Phi) is 7.52. The second-order valence-electron chi connectivity index (χ2n) is 4.59. The van der Waals surface area contributed by atoms with E-state index in [9.17, 15) is 14.4 Å². The van der Waals surface area contributed by atoms with E-state index in [1.165, 1.54) is 0 Å². The van der Waals surface area contributed by atoms with Gasteiger partial charge in [-0.15, -0.1) is 0 Å². The maximum atomic E-state index is 11.5. The fraction of sp³-hybridized carbons (Fsp3) is 0.267. The fourth-order valence-corrected chi connectivity index (χ4v) is 1.79. The number of hydrogen-bond acceptors (Lipinski definition) is 6. The van der Waals surface area contributed by atoms with Crippen molar-refractivity contribution in [1.82, 2.24) is 5.32 Å². The molecule has 1 rings (SSSR count). The van der Waals surface area contributed by atoms with Crippen LogP contribution in [0.3, 0.4) is 0 Å². The number of carbonyl (C=O) groups excluding carboxylic acids is 3. The maximum Gasteiger partial charge on any atom is 0.341 e. The number of hydrogen-bond donors (Lipinski definition) is 3. The predicted molar refractivity (Wildman–Crippen MR) is 81.0 cm³/mol. The van der Waals surface area contributed by atoms with Gasteiger partial charge in [-0.1, -0.05) is 42.5 Å². The first kappa shape index (κ1) is 17.5. The van der Waals surface area contributed by atoms with Gasteiger partial charge in [0, 0.05) is 6.42 Å². The van der Waals surface area contributed by atoms with E-state index in [4.69, 9.17) is 11.6 Å². The Morgan fingerprint density at radius 3 is 2.50 bits per heavy atom. The van der Waals surface area contributed by atoms with Crippen molar-refractivity contribution >= 4 is 24.2 Å². The molecule has 0 saturated carbocycles. The molecule has 0 aliphatic carbocycles. The zero-order valence-corrected chi connectivity index (χ0v) is 12.0. The van der Waals surface area contributed by atoms with E-state index in [0.717, 1.165) is 5.56 Å². The van der Waals surface area contributed by atoms with Crippen molar-refractivity contribution < 1.29 is 19.2 Å². The lowest BCUT2D eigenvalue weighted by molar-refractivity contribution is -0.147. The molecular formula is C15H19N3O4. The number of rotatable bonds is 9. The highest BCUT2D eigenvalue weighted by Crippen LogP contribution is 2.04. The summed E-state index contributed by atoms with van der Waals surface area (Å²) in [6.07, 6.45) is 4.05. The number of aldehydes is 1. The van der Waals surface area contributed by atoms with E-state index >= 15 is 0 Å².